The standard InChI is InChI=1S/C20H17F2NO5/c21-20(22)28-17-5-2-1-4-15(17)19(26)27-12-16(24)13-7-9-14(10-8-13)23-11-3-6-18(23)25/h1-2,4-5,7-10,20H,3,6,11-12H2. The molecule has 28 heavy (non-hydrogen) atoms. The van der Waals surface area contributed by atoms with E-state index in [0.29, 0.717) is 24.2 Å². The van der Waals surface area contributed by atoms with Gasteiger partial charge in [0.1, 0.15) is 11.3 Å². The monoisotopic (exact) mass is 389 g/mol. The maximum Gasteiger partial charge on any atom is 0.387 e. The first-order chi connectivity index (χ1) is 13.5. The maximum absolute atomic E-state index is 12.4. The zero-order valence-electron chi connectivity index (χ0n) is 14.8. The van der Waals surface area contributed by atoms with E-state index < -0.39 is 25.0 Å². The van der Waals surface area contributed by atoms with Crippen molar-refractivity contribution in [3.8, 4) is 5.75 Å². The van der Waals surface area contributed by atoms with Crippen molar-refractivity contribution in [2.75, 3.05) is 18.1 Å². The van der Waals surface area contributed by atoms with Gasteiger partial charge < -0.3 is 14.4 Å². The van der Waals surface area contributed by atoms with Crippen LogP contribution in [0.25, 0.3) is 0 Å². The molecule has 0 aliphatic carbocycles. The maximum atomic E-state index is 12.4. The van der Waals surface area contributed by atoms with E-state index in [1.165, 1.54) is 24.3 Å². The van der Waals surface area contributed by atoms with Gasteiger partial charge in [-0.05, 0) is 42.8 Å². The van der Waals surface area contributed by atoms with E-state index in [0.717, 1.165) is 6.42 Å². The number of halogens is 2. The Bertz CT molecular complexity index is 882. The predicted octanol–water partition coefficient (Wildman–Crippen LogP) is 3.45. The van der Waals surface area contributed by atoms with Crippen molar-refractivity contribution < 1.29 is 32.6 Å². The number of ketones is 1. The number of ether oxygens (including phenoxy) is 2. The molecule has 0 aromatic heterocycles. The number of nitrogens with zero attached hydrogens (tertiary/aromatic N) is 1. The topological polar surface area (TPSA) is 72.9 Å². The number of carbonyl (C=O) groups is 3. The fourth-order valence-electron chi connectivity index (χ4n) is 2.87. The Morgan fingerprint density at radius 1 is 1.07 bits per heavy atom. The van der Waals surface area contributed by atoms with E-state index >= 15 is 0 Å². The van der Waals surface area contributed by atoms with E-state index in [4.69, 9.17) is 4.74 Å². The van der Waals surface area contributed by atoms with Crippen LogP contribution in [0.3, 0.4) is 0 Å². The van der Waals surface area contributed by atoms with Crippen molar-refractivity contribution in [1.82, 2.24) is 0 Å². The Hall–Kier alpha value is -3.29. The number of rotatable bonds is 7. The van der Waals surface area contributed by atoms with Crippen LogP contribution in [0, 0.1) is 0 Å². The molecule has 2 aromatic rings. The second-order valence-corrected chi connectivity index (χ2v) is 6.07. The molecule has 0 radical (unpaired) electrons. The van der Waals surface area contributed by atoms with Crippen LogP contribution >= 0.6 is 0 Å². The first-order valence-corrected chi connectivity index (χ1v) is 8.60. The minimum atomic E-state index is -3.09. The molecular formula is C20H17F2NO5. The molecule has 0 spiro atoms. The molecule has 1 heterocycles. The molecule has 6 nitrogen and oxygen atoms in total. The normalized spacial score (nSPS) is 13.7. The average Bonchev–Trinajstić information content (AvgIpc) is 3.12. The van der Waals surface area contributed by atoms with Gasteiger partial charge in [0.15, 0.2) is 12.4 Å². The molecule has 146 valence electrons. The number of hydrogen-bond donors (Lipinski definition) is 0. The van der Waals surface area contributed by atoms with Crippen LogP contribution < -0.4 is 9.64 Å². The van der Waals surface area contributed by atoms with E-state index in [1.54, 1.807) is 29.2 Å². The summed E-state index contributed by atoms with van der Waals surface area (Å²) in [6.07, 6.45) is 1.31. The fourth-order valence-corrected chi connectivity index (χ4v) is 2.87. The van der Waals surface area contributed by atoms with Gasteiger partial charge in [0, 0.05) is 24.2 Å². The molecule has 1 aliphatic rings. The van der Waals surface area contributed by atoms with Crippen LogP contribution in [0.1, 0.15) is 33.6 Å². The van der Waals surface area contributed by atoms with Crippen molar-refractivity contribution in [1.29, 1.82) is 0 Å². The van der Waals surface area contributed by atoms with Crippen LogP contribution in [0.4, 0.5) is 14.5 Å². The summed E-state index contributed by atoms with van der Waals surface area (Å²) in [7, 11) is 0. The molecule has 1 saturated heterocycles. The molecule has 1 aliphatic heterocycles. The second-order valence-electron chi connectivity index (χ2n) is 6.07. The third-order valence-electron chi connectivity index (χ3n) is 4.23. The average molecular weight is 389 g/mol. The Morgan fingerprint density at radius 3 is 2.43 bits per heavy atom. The first kappa shape index (κ1) is 19.5. The third kappa shape index (κ3) is 4.51. The van der Waals surface area contributed by atoms with Crippen molar-refractivity contribution in [3.05, 3.63) is 59.7 Å². The third-order valence-corrected chi connectivity index (χ3v) is 4.23. The van der Waals surface area contributed by atoms with Crippen LogP contribution in [-0.2, 0) is 9.53 Å². The van der Waals surface area contributed by atoms with Crippen molar-refractivity contribution in [3.63, 3.8) is 0 Å². The summed E-state index contributed by atoms with van der Waals surface area (Å²) in [6, 6.07) is 11.8. The quantitative estimate of drug-likeness (QED) is 0.536. The Labute approximate surface area is 159 Å². The van der Waals surface area contributed by atoms with Gasteiger partial charge in [-0.2, -0.15) is 8.78 Å². The highest BCUT2D eigenvalue weighted by atomic mass is 19.3. The Balaban J connectivity index is 1.61. The highest BCUT2D eigenvalue weighted by Crippen LogP contribution is 2.23. The van der Waals surface area contributed by atoms with Gasteiger partial charge in [0.25, 0.3) is 0 Å². The van der Waals surface area contributed by atoms with Crippen LogP contribution in [0.15, 0.2) is 48.5 Å². The van der Waals surface area contributed by atoms with E-state index in [-0.39, 0.29) is 17.2 Å². The summed E-state index contributed by atoms with van der Waals surface area (Å²) in [5, 5.41) is 0. The zero-order chi connectivity index (χ0) is 20.1. The molecule has 3 rings (SSSR count). The molecule has 8 heteroatoms. The van der Waals surface area contributed by atoms with Crippen molar-refractivity contribution >= 4 is 23.3 Å². The molecule has 0 atom stereocenters. The minimum absolute atomic E-state index is 0.0395. The minimum Gasteiger partial charge on any atom is -0.454 e. The number of amides is 1. The van der Waals surface area contributed by atoms with Gasteiger partial charge in [-0.25, -0.2) is 4.79 Å². The predicted molar refractivity (Wildman–Crippen MR) is 95.7 cm³/mol. The van der Waals surface area contributed by atoms with Gasteiger partial charge in [-0.3, -0.25) is 9.59 Å². The smallest absolute Gasteiger partial charge is 0.387 e. The molecule has 2 aromatic carbocycles. The number of Topliss-reactive ketones (excluding diaryl/α,β-unsaturated/α-hetero) is 1. The van der Waals surface area contributed by atoms with Crippen LogP contribution in [-0.4, -0.2) is 37.4 Å². The number of para-hydroxylation sites is 1. The summed E-state index contributed by atoms with van der Waals surface area (Å²) >= 11 is 0. The highest BCUT2D eigenvalue weighted by molar-refractivity contribution is 6.01. The Kier molecular flexibility index (Phi) is 5.98. The molecule has 1 amide bonds. The summed E-state index contributed by atoms with van der Waals surface area (Å²) in [4.78, 5) is 37.7. The van der Waals surface area contributed by atoms with Gasteiger partial charge >= 0.3 is 12.6 Å². The fraction of sp³-hybridized carbons (Fsp3) is 0.250. The molecule has 0 saturated carbocycles. The second kappa shape index (κ2) is 8.60. The molecular weight excluding hydrogens is 372 g/mol. The number of hydrogen-bond acceptors (Lipinski definition) is 5. The summed E-state index contributed by atoms with van der Waals surface area (Å²) < 4.78 is 34.0. The molecule has 0 bridgehead atoms. The van der Waals surface area contributed by atoms with E-state index in [1.807, 2.05) is 0 Å². The van der Waals surface area contributed by atoms with Crippen molar-refractivity contribution in [2.24, 2.45) is 0 Å². The van der Waals surface area contributed by atoms with Crippen molar-refractivity contribution in [2.45, 2.75) is 19.5 Å². The lowest BCUT2D eigenvalue weighted by molar-refractivity contribution is -0.117. The van der Waals surface area contributed by atoms with Gasteiger partial charge in [-0.1, -0.05) is 12.1 Å². The lowest BCUT2D eigenvalue weighted by Gasteiger charge is -2.15. The van der Waals surface area contributed by atoms with Crippen LogP contribution in [0.5, 0.6) is 5.75 Å². The summed E-state index contributed by atoms with van der Waals surface area (Å²) in [6.45, 7) is -3.00. The molecule has 0 unspecified atom stereocenters. The van der Waals surface area contributed by atoms with Gasteiger partial charge in [-0.15, -0.1) is 0 Å². The lowest BCUT2D eigenvalue weighted by Crippen LogP contribution is -2.23. The van der Waals surface area contributed by atoms with Gasteiger partial charge in [0.05, 0.1) is 0 Å². The number of anilines is 1. The lowest BCUT2D eigenvalue weighted by atomic mass is 10.1. The van der Waals surface area contributed by atoms with Gasteiger partial charge in [0.2, 0.25) is 5.91 Å². The SMILES string of the molecule is O=C(COC(=O)c1ccccc1OC(F)F)c1ccc(N2CCCC2=O)cc1. The molecule has 1 fully saturated rings. The zero-order valence-corrected chi connectivity index (χ0v) is 14.8. The van der Waals surface area contributed by atoms with Crippen LogP contribution in [0.2, 0.25) is 0 Å². The summed E-state index contributed by atoms with van der Waals surface area (Å²) in [5.74, 6) is -1.68. The van der Waals surface area contributed by atoms with E-state index in [9.17, 15) is 23.2 Å². The van der Waals surface area contributed by atoms with E-state index in [2.05, 4.69) is 4.74 Å². The summed E-state index contributed by atoms with van der Waals surface area (Å²) in [5.41, 5.74) is 0.813. The number of carbonyl (C=O) groups excluding carboxylic acids is 3. The number of esters is 1. The first-order valence-electron chi connectivity index (χ1n) is 8.60. The highest BCUT2D eigenvalue weighted by Gasteiger charge is 2.22. The Morgan fingerprint density at radius 2 is 1.79 bits per heavy atom. The number of benzene rings is 2. The number of alkyl halides is 2. The largest absolute Gasteiger partial charge is 0.454 e. The molecule has 0 N–H and O–H groups in total.